The molecule has 2 heterocycles. The van der Waals surface area contributed by atoms with Crippen molar-refractivity contribution in [2.45, 2.75) is 18.9 Å². The van der Waals surface area contributed by atoms with Gasteiger partial charge in [0.05, 0.1) is 17.7 Å². The van der Waals surface area contributed by atoms with E-state index in [0.717, 1.165) is 0 Å². The first-order valence-corrected chi connectivity index (χ1v) is 5.42. The molecule has 1 aliphatic heterocycles. The van der Waals surface area contributed by atoms with Crippen molar-refractivity contribution in [1.29, 1.82) is 0 Å². The Morgan fingerprint density at radius 2 is 2.41 bits per heavy atom. The largest absolute Gasteiger partial charge is 0.381 e. The Hall–Kier alpha value is -1.56. The molecule has 0 bridgehead atoms. The first kappa shape index (κ1) is 11.9. The molecule has 1 fully saturated rings. The molecule has 17 heavy (non-hydrogen) atoms. The third-order valence-electron chi connectivity index (χ3n) is 3.16. The Balaban J connectivity index is 2.30. The molecule has 1 N–H and O–H groups in total. The van der Waals surface area contributed by atoms with Crippen molar-refractivity contribution >= 4 is 5.91 Å². The van der Waals surface area contributed by atoms with Gasteiger partial charge in [-0.2, -0.15) is 4.39 Å². The molecular formula is C11H14FN3O2. The van der Waals surface area contributed by atoms with Crippen LogP contribution in [0.25, 0.3) is 0 Å². The van der Waals surface area contributed by atoms with E-state index in [1.165, 1.54) is 6.20 Å². The number of rotatable bonds is 3. The molecule has 0 spiro atoms. The van der Waals surface area contributed by atoms with Crippen molar-refractivity contribution < 1.29 is 13.9 Å². The molecule has 1 unspecified atom stereocenters. The molecule has 1 aromatic rings. The van der Waals surface area contributed by atoms with Crippen LogP contribution in [-0.2, 0) is 9.53 Å². The molecule has 1 aliphatic rings. The molecule has 0 aliphatic carbocycles. The molecule has 1 saturated heterocycles. The highest BCUT2D eigenvalue weighted by Gasteiger charge is 2.40. The number of hydrogen-bond acceptors (Lipinski definition) is 4. The number of carbonyl (C=O) groups is 1. The van der Waals surface area contributed by atoms with Gasteiger partial charge >= 0.3 is 6.08 Å². The van der Waals surface area contributed by atoms with E-state index in [4.69, 9.17) is 4.74 Å². The average molecular weight is 239 g/mol. The lowest BCUT2D eigenvalue weighted by atomic mass is 9.88. The van der Waals surface area contributed by atoms with Crippen LogP contribution in [0.3, 0.4) is 0 Å². The second-order valence-electron chi connectivity index (χ2n) is 4.08. The maximum atomic E-state index is 13.0. The van der Waals surface area contributed by atoms with Crippen LogP contribution < -0.4 is 5.32 Å². The maximum absolute atomic E-state index is 13.0. The molecule has 0 radical (unpaired) electrons. The van der Waals surface area contributed by atoms with Gasteiger partial charge < -0.3 is 10.1 Å². The minimum absolute atomic E-state index is 0.0400. The highest BCUT2D eigenvalue weighted by atomic mass is 19.1. The number of nitrogens with one attached hydrogen (secondary N) is 1. The fraction of sp³-hybridized carbons (Fsp3) is 0.545. The van der Waals surface area contributed by atoms with Crippen LogP contribution >= 0.6 is 0 Å². The normalized spacial score (nSPS) is 25.7. The van der Waals surface area contributed by atoms with E-state index < -0.39 is 12.0 Å². The van der Waals surface area contributed by atoms with E-state index in [-0.39, 0.29) is 17.9 Å². The highest BCUT2D eigenvalue weighted by molar-refractivity contribution is 5.85. The maximum Gasteiger partial charge on any atom is 0.308 e. The minimum atomic E-state index is -0.814. The van der Waals surface area contributed by atoms with Gasteiger partial charge in [0.2, 0.25) is 5.91 Å². The lowest BCUT2D eigenvalue weighted by Crippen LogP contribution is -2.26. The van der Waals surface area contributed by atoms with E-state index >= 15 is 0 Å². The summed E-state index contributed by atoms with van der Waals surface area (Å²) in [6.07, 6.45) is 0.403. The Kier molecular flexibility index (Phi) is 3.33. The molecule has 92 valence electrons. The third-order valence-corrected chi connectivity index (χ3v) is 3.16. The van der Waals surface area contributed by atoms with Gasteiger partial charge in [-0.25, -0.2) is 9.97 Å². The number of carbonyl (C=O) groups excluding carboxylic acids is 1. The summed E-state index contributed by atoms with van der Waals surface area (Å²) in [5, 5.41) is 2.75. The molecule has 5 nitrogen and oxygen atoms in total. The first-order valence-electron chi connectivity index (χ1n) is 5.42. The fourth-order valence-corrected chi connectivity index (χ4v) is 2.13. The number of aromatic nitrogens is 2. The van der Waals surface area contributed by atoms with E-state index in [2.05, 4.69) is 15.3 Å². The predicted octanol–water partition coefficient (Wildman–Crippen LogP) is 0.480. The van der Waals surface area contributed by atoms with E-state index in [0.29, 0.717) is 12.2 Å². The van der Waals surface area contributed by atoms with Gasteiger partial charge in [0.15, 0.2) is 0 Å². The molecule has 1 aromatic heterocycles. The molecule has 3 atom stereocenters. The Labute approximate surface area is 98.4 Å². The van der Waals surface area contributed by atoms with Crippen LogP contribution in [0.2, 0.25) is 0 Å². The lowest BCUT2D eigenvalue weighted by molar-refractivity contribution is -0.121. The molecular weight excluding hydrogens is 225 g/mol. The summed E-state index contributed by atoms with van der Waals surface area (Å²) in [7, 11) is 1.59. The lowest BCUT2D eigenvalue weighted by Gasteiger charge is -2.21. The number of nitrogens with zero attached hydrogens (tertiary/aromatic N) is 2. The molecule has 2 rings (SSSR count). The first-order chi connectivity index (χ1) is 8.13. The van der Waals surface area contributed by atoms with Gasteiger partial charge in [0, 0.05) is 25.8 Å². The zero-order valence-corrected chi connectivity index (χ0v) is 9.68. The van der Waals surface area contributed by atoms with Gasteiger partial charge in [-0.15, -0.1) is 0 Å². The number of halogens is 1. The van der Waals surface area contributed by atoms with Crippen LogP contribution in [0.4, 0.5) is 4.39 Å². The van der Waals surface area contributed by atoms with Crippen molar-refractivity contribution in [2.75, 3.05) is 13.7 Å². The zero-order chi connectivity index (χ0) is 12.4. The minimum Gasteiger partial charge on any atom is -0.381 e. The van der Waals surface area contributed by atoms with Crippen LogP contribution in [0.15, 0.2) is 12.3 Å². The summed E-state index contributed by atoms with van der Waals surface area (Å²) in [6, 6.07) is 1.56. The number of hydrogen-bond donors (Lipinski definition) is 1. The van der Waals surface area contributed by atoms with Crippen LogP contribution in [-0.4, -0.2) is 35.6 Å². The van der Waals surface area contributed by atoms with Crippen LogP contribution in [0, 0.1) is 12.0 Å². The molecule has 0 saturated carbocycles. The molecule has 1 amide bonds. The fourth-order valence-electron chi connectivity index (χ4n) is 2.13. The van der Waals surface area contributed by atoms with Crippen molar-refractivity contribution in [3.8, 4) is 0 Å². The molecule has 6 heteroatoms. The highest BCUT2D eigenvalue weighted by Crippen LogP contribution is 2.31. The summed E-state index contributed by atoms with van der Waals surface area (Å²) in [6.45, 7) is 2.40. The smallest absolute Gasteiger partial charge is 0.308 e. The third kappa shape index (κ3) is 2.26. The monoisotopic (exact) mass is 239 g/mol. The number of methoxy groups -OCH3 is 1. The van der Waals surface area contributed by atoms with E-state index in [9.17, 15) is 9.18 Å². The van der Waals surface area contributed by atoms with Crippen molar-refractivity contribution in [3.63, 3.8) is 0 Å². The molecule has 0 aromatic carbocycles. The second-order valence-corrected chi connectivity index (χ2v) is 4.08. The Morgan fingerprint density at radius 1 is 1.65 bits per heavy atom. The summed E-state index contributed by atoms with van der Waals surface area (Å²) in [5.74, 6) is -0.652. The van der Waals surface area contributed by atoms with Crippen LogP contribution in [0.5, 0.6) is 0 Å². The van der Waals surface area contributed by atoms with Gasteiger partial charge in [0.1, 0.15) is 0 Å². The SMILES string of the molecule is CO[C@H](C)C1CNC(=O)[C@H]1c1ccnc(F)n1. The number of amides is 1. The number of ether oxygens (including phenoxy) is 1. The summed E-state index contributed by atoms with van der Waals surface area (Å²) < 4.78 is 18.2. The average Bonchev–Trinajstić information content (AvgIpc) is 2.70. The van der Waals surface area contributed by atoms with Gasteiger partial charge in [-0.05, 0) is 13.0 Å². The Morgan fingerprint density at radius 3 is 3.06 bits per heavy atom. The zero-order valence-electron chi connectivity index (χ0n) is 9.68. The second kappa shape index (κ2) is 4.75. The predicted molar refractivity (Wildman–Crippen MR) is 57.7 cm³/mol. The topological polar surface area (TPSA) is 64.1 Å². The van der Waals surface area contributed by atoms with Gasteiger partial charge in [0.25, 0.3) is 0 Å². The Bertz CT molecular complexity index is 427. The summed E-state index contributed by atoms with van der Waals surface area (Å²) >= 11 is 0. The van der Waals surface area contributed by atoms with Gasteiger partial charge in [-0.3, -0.25) is 4.79 Å². The van der Waals surface area contributed by atoms with E-state index in [1.807, 2.05) is 6.92 Å². The van der Waals surface area contributed by atoms with Crippen molar-refractivity contribution in [3.05, 3.63) is 24.0 Å². The van der Waals surface area contributed by atoms with Crippen molar-refractivity contribution in [1.82, 2.24) is 15.3 Å². The van der Waals surface area contributed by atoms with Crippen molar-refractivity contribution in [2.24, 2.45) is 5.92 Å². The van der Waals surface area contributed by atoms with E-state index in [1.54, 1.807) is 13.2 Å². The quantitative estimate of drug-likeness (QED) is 0.779. The van der Waals surface area contributed by atoms with Gasteiger partial charge in [-0.1, -0.05) is 0 Å². The summed E-state index contributed by atoms with van der Waals surface area (Å²) in [5.41, 5.74) is 0.404. The van der Waals surface area contributed by atoms with Crippen LogP contribution in [0.1, 0.15) is 18.5 Å². The standard InChI is InChI=1S/C11H14FN3O2/c1-6(17-2)7-5-14-10(16)9(7)8-3-4-13-11(12)15-8/h3-4,6-7,9H,5H2,1-2H3,(H,14,16)/t6-,7?,9-/m1/s1. The summed E-state index contributed by atoms with van der Waals surface area (Å²) in [4.78, 5) is 18.8.